The molecular formula is C12H8BrFO. The molecule has 0 aliphatic rings. The van der Waals surface area contributed by atoms with Crippen LogP contribution in [-0.4, -0.2) is 5.11 Å². The van der Waals surface area contributed by atoms with Crippen molar-refractivity contribution in [3.63, 3.8) is 0 Å². The largest absolute Gasteiger partial charge is 0.507 e. The van der Waals surface area contributed by atoms with Crippen LogP contribution in [0.1, 0.15) is 0 Å². The predicted octanol–water partition coefficient (Wildman–Crippen LogP) is 3.96. The van der Waals surface area contributed by atoms with Gasteiger partial charge in [0.15, 0.2) is 0 Å². The highest BCUT2D eigenvalue weighted by atomic mass is 79.9. The normalized spacial score (nSPS) is 10.3. The van der Waals surface area contributed by atoms with Crippen LogP contribution in [0.25, 0.3) is 11.1 Å². The molecule has 2 aromatic rings. The van der Waals surface area contributed by atoms with Crippen LogP contribution in [0.4, 0.5) is 4.39 Å². The summed E-state index contributed by atoms with van der Waals surface area (Å²) >= 11 is 3.32. The molecule has 0 aromatic heterocycles. The van der Waals surface area contributed by atoms with Crippen molar-refractivity contribution in [1.29, 1.82) is 0 Å². The quantitative estimate of drug-likeness (QED) is 0.829. The minimum absolute atomic E-state index is 0.185. The molecule has 0 amide bonds. The molecule has 0 unspecified atom stereocenters. The molecule has 2 rings (SSSR count). The zero-order valence-electron chi connectivity index (χ0n) is 7.74. The second-order valence-electron chi connectivity index (χ2n) is 3.17. The van der Waals surface area contributed by atoms with Crippen molar-refractivity contribution in [1.82, 2.24) is 0 Å². The molecule has 1 nitrogen and oxygen atoms in total. The molecule has 76 valence electrons. The second kappa shape index (κ2) is 4.03. The Morgan fingerprint density at radius 3 is 2.33 bits per heavy atom. The molecule has 15 heavy (non-hydrogen) atoms. The first kappa shape index (κ1) is 10.2. The van der Waals surface area contributed by atoms with Crippen molar-refractivity contribution in [3.05, 3.63) is 52.8 Å². The van der Waals surface area contributed by atoms with E-state index in [2.05, 4.69) is 15.9 Å². The van der Waals surface area contributed by atoms with Crippen LogP contribution in [0.5, 0.6) is 5.75 Å². The van der Waals surface area contributed by atoms with E-state index in [4.69, 9.17) is 0 Å². The fourth-order valence-corrected chi connectivity index (χ4v) is 1.73. The van der Waals surface area contributed by atoms with Gasteiger partial charge in [-0.15, -0.1) is 0 Å². The Labute approximate surface area is 95.3 Å². The SMILES string of the molecule is Oc1ccc(Br)cc1-c1ccc(F)cc1. The number of hydrogen-bond donors (Lipinski definition) is 1. The van der Waals surface area contributed by atoms with Crippen molar-refractivity contribution in [3.8, 4) is 16.9 Å². The first-order valence-electron chi connectivity index (χ1n) is 4.41. The van der Waals surface area contributed by atoms with Crippen molar-refractivity contribution < 1.29 is 9.50 Å². The summed E-state index contributed by atoms with van der Waals surface area (Å²) in [6, 6.07) is 11.2. The minimum Gasteiger partial charge on any atom is -0.507 e. The van der Waals surface area contributed by atoms with E-state index in [-0.39, 0.29) is 11.6 Å². The molecule has 0 atom stereocenters. The first-order valence-corrected chi connectivity index (χ1v) is 5.20. The lowest BCUT2D eigenvalue weighted by molar-refractivity contribution is 0.477. The first-order chi connectivity index (χ1) is 7.16. The number of aromatic hydroxyl groups is 1. The molecule has 0 bridgehead atoms. The summed E-state index contributed by atoms with van der Waals surface area (Å²) in [4.78, 5) is 0. The molecule has 3 heteroatoms. The summed E-state index contributed by atoms with van der Waals surface area (Å²) in [5, 5.41) is 9.64. The van der Waals surface area contributed by atoms with Crippen molar-refractivity contribution in [2.24, 2.45) is 0 Å². The van der Waals surface area contributed by atoms with Gasteiger partial charge in [-0.3, -0.25) is 0 Å². The summed E-state index contributed by atoms with van der Waals surface area (Å²) in [5.74, 6) is -0.0990. The maximum Gasteiger partial charge on any atom is 0.123 e. The Kier molecular flexibility index (Phi) is 2.73. The fraction of sp³-hybridized carbons (Fsp3) is 0. The average molecular weight is 267 g/mol. The lowest BCUT2D eigenvalue weighted by Gasteiger charge is -2.05. The van der Waals surface area contributed by atoms with E-state index >= 15 is 0 Å². The van der Waals surface area contributed by atoms with Crippen LogP contribution >= 0.6 is 15.9 Å². The minimum atomic E-state index is -0.284. The molecule has 0 aliphatic heterocycles. The lowest BCUT2D eigenvalue weighted by atomic mass is 10.1. The highest BCUT2D eigenvalue weighted by Crippen LogP contribution is 2.31. The number of phenols is 1. The maximum absolute atomic E-state index is 12.7. The van der Waals surface area contributed by atoms with Crippen molar-refractivity contribution in [2.45, 2.75) is 0 Å². The number of rotatable bonds is 1. The summed E-state index contributed by atoms with van der Waals surface area (Å²) in [6.07, 6.45) is 0. The van der Waals surface area contributed by atoms with E-state index in [1.807, 2.05) is 0 Å². The Hall–Kier alpha value is -1.35. The monoisotopic (exact) mass is 266 g/mol. The molecule has 0 fully saturated rings. The number of hydrogen-bond acceptors (Lipinski definition) is 1. The van der Waals surface area contributed by atoms with Gasteiger partial charge < -0.3 is 5.11 Å². The third-order valence-corrected chi connectivity index (χ3v) is 2.61. The van der Waals surface area contributed by atoms with Gasteiger partial charge in [-0.1, -0.05) is 28.1 Å². The molecule has 0 aliphatic carbocycles. The van der Waals surface area contributed by atoms with Gasteiger partial charge in [0.2, 0.25) is 0 Å². The Morgan fingerprint density at radius 2 is 1.67 bits per heavy atom. The molecule has 0 radical (unpaired) electrons. The van der Waals surface area contributed by atoms with Gasteiger partial charge in [-0.2, -0.15) is 0 Å². The Balaban J connectivity index is 2.53. The van der Waals surface area contributed by atoms with Crippen LogP contribution in [0.15, 0.2) is 46.9 Å². The summed E-state index contributed by atoms with van der Waals surface area (Å²) in [5.41, 5.74) is 1.47. The molecule has 0 spiro atoms. The average Bonchev–Trinajstić information content (AvgIpc) is 2.23. The van der Waals surface area contributed by atoms with Crippen molar-refractivity contribution >= 4 is 15.9 Å². The van der Waals surface area contributed by atoms with Crippen LogP contribution in [0.3, 0.4) is 0 Å². The van der Waals surface area contributed by atoms with Gasteiger partial charge in [-0.05, 0) is 35.9 Å². The maximum atomic E-state index is 12.7. The third-order valence-electron chi connectivity index (χ3n) is 2.11. The van der Waals surface area contributed by atoms with Gasteiger partial charge >= 0.3 is 0 Å². The predicted molar refractivity (Wildman–Crippen MR) is 61.2 cm³/mol. The zero-order valence-corrected chi connectivity index (χ0v) is 9.33. The van der Waals surface area contributed by atoms with Gasteiger partial charge in [0, 0.05) is 10.0 Å². The Morgan fingerprint density at radius 1 is 1.00 bits per heavy atom. The van der Waals surface area contributed by atoms with E-state index in [0.717, 1.165) is 10.0 Å². The lowest BCUT2D eigenvalue weighted by Crippen LogP contribution is -1.80. The molecule has 0 saturated carbocycles. The van der Waals surface area contributed by atoms with Gasteiger partial charge in [0.25, 0.3) is 0 Å². The molecule has 0 heterocycles. The fourth-order valence-electron chi connectivity index (χ4n) is 1.37. The van der Waals surface area contributed by atoms with Crippen molar-refractivity contribution in [2.75, 3.05) is 0 Å². The molecule has 1 N–H and O–H groups in total. The van der Waals surface area contributed by atoms with Gasteiger partial charge in [0.05, 0.1) is 0 Å². The van der Waals surface area contributed by atoms with Gasteiger partial charge in [-0.25, -0.2) is 4.39 Å². The van der Waals surface area contributed by atoms with E-state index in [0.29, 0.717) is 5.56 Å². The van der Waals surface area contributed by atoms with Crippen LogP contribution in [0, 0.1) is 5.82 Å². The second-order valence-corrected chi connectivity index (χ2v) is 4.08. The van der Waals surface area contributed by atoms with E-state index in [1.54, 1.807) is 30.3 Å². The topological polar surface area (TPSA) is 20.2 Å². The Bertz CT molecular complexity index is 479. The highest BCUT2D eigenvalue weighted by Gasteiger charge is 2.04. The summed E-state index contributed by atoms with van der Waals surface area (Å²) in [7, 11) is 0. The molecular weight excluding hydrogens is 259 g/mol. The molecule has 0 saturated heterocycles. The number of phenolic OH excluding ortho intramolecular Hbond substituents is 1. The van der Waals surface area contributed by atoms with E-state index in [1.165, 1.54) is 12.1 Å². The molecule has 2 aromatic carbocycles. The summed E-state index contributed by atoms with van der Waals surface area (Å²) < 4.78 is 13.6. The van der Waals surface area contributed by atoms with Gasteiger partial charge in [0.1, 0.15) is 11.6 Å². The number of benzene rings is 2. The smallest absolute Gasteiger partial charge is 0.123 e. The van der Waals surface area contributed by atoms with E-state index in [9.17, 15) is 9.50 Å². The van der Waals surface area contributed by atoms with Crippen LogP contribution < -0.4 is 0 Å². The number of halogens is 2. The third kappa shape index (κ3) is 2.18. The highest BCUT2D eigenvalue weighted by molar-refractivity contribution is 9.10. The van der Waals surface area contributed by atoms with E-state index < -0.39 is 0 Å². The standard InChI is InChI=1S/C12H8BrFO/c13-9-3-6-12(15)11(7-9)8-1-4-10(14)5-2-8/h1-7,15H. The van der Waals surface area contributed by atoms with Crippen LogP contribution in [-0.2, 0) is 0 Å². The van der Waals surface area contributed by atoms with Crippen LogP contribution in [0.2, 0.25) is 0 Å². The summed E-state index contributed by atoms with van der Waals surface area (Å²) in [6.45, 7) is 0. The zero-order chi connectivity index (χ0) is 10.8.